The van der Waals surface area contributed by atoms with Crippen LogP contribution in [0.2, 0.25) is 10.0 Å². The third-order valence-electron chi connectivity index (χ3n) is 4.77. The van der Waals surface area contributed by atoms with E-state index in [1.165, 1.54) is 7.11 Å². The van der Waals surface area contributed by atoms with Crippen LogP contribution in [0.5, 0.6) is 11.5 Å². The summed E-state index contributed by atoms with van der Waals surface area (Å²) >= 11 is 12.5. The molecule has 1 N–H and O–H groups in total. The normalized spacial score (nSPS) is 10.9. The largest absolute Gasteiger partial charge is 0.493 e. The van der Waals surface area contributed by atoms with Gasteiger partial charge in [0.15, 0.2) is 18.1 Å². The number of aliphatic imine (C=N–C) groups is 1. The van der Waals surface area contributed by atoms with Crippen molar-refractivity contribution in [1.29, 1.82) is 0 Å². The highest BCUT2D eigenvalue weighted by Crippen LogP contribution is 2.36. The highest BCUT2D eigenvalue weighted by molar-refractivity contribution is 6.32. The molecule has 0 heterocycles. The van der Waals surface area contributed by atoms with Crippen LogP contribution in [-0.2, 0) is 4.79 Å². The molecule has 3 rings (SSSR count). The first-order valence-electron chi connectivity index (χ1n) is 9.94. The van der Waals surface area contributed by atoms with Crippen LogP contribution in [0.15, 0.2) is 53.5 Å². The molecule has 7 heteroatoms. The molecule has 32 heavy (non-hydrogen) atoms. The van der Waals surface area contributed by atoms with E-state index in [9.17, 15) is 4.79 Å². The number of hydrogen-bond acceptors (Lipinski definition) is 4. The van der Waals surface area contributed by atoms with E-state index in [-0.39, 0.29) is 18.3 Å². The summed E-state index contributed by atoms with van der Waals surface area (Å²) in [6.07, 6.45) is 1.72. The van der Waals surface area contributed by atoms with Crippen LogP contribution in [0.1, 0.15) is 22.3 Å². The molecule has 0 aliphatic rings. The van der Waals surface area contributed by atoms with Gasteiger partial charge in [0.25, 0.3) is 5.91 Å². The summed E-state index contributed by atoms with van der Waals surface area (Å²) in [6.45, 7) is 5.68. The Balaban J connectivity index is 1.72. The van der Waals surface area contributed by atoms with Gasteiger partial charge in [-0.15, -0.1) is 0 Å². The lowest BCUT2D eigenvalue weighted by Gasteiger charge is -2.13. The number of methoxy groups -OCH3 is 1. The molecule has 0 aliphatic carbocycles. The second-order valence-electron chi connectivity index (χ2n) is 7.38. The summed E-state index contributed by atoms with van der Waals surface area (Å²) in [6, 6.07) is 14.9. The standard InChI is InChI=1S/C25H24Cl2N2O3/c1-15-5-6-17(3)22(9-15)28-13-18-10-21(27)25(23(11-18)31-4)32-14-24(30)29-19-8-7-16(2)20(26)12-19/h5-13H,14H2,1-4H3,(H,29,30). The Kier molecular flexibility index (Phi) is 7.78. The van der Waals surface area contributed by atoms with E-state index in [1.54, 1.807) is 30.5 Å². The van der Waals surface area contributed by atoms with Crippen molar-refractivity contribution in [2.75, 3.05) is 19.0 Å². The van der Waals surface area contributed by atoms with Gasteiger partial charge in [0.2, 0.25) is 0 Å². The van der Waals surface area contributed by atoms with Crippen molar-refractivity contribution in [3.8, 4) is 11.5 Å². The number of aryl methyl sites for hydroxylation is 3. The van der Waals surface area contributed by atoms with E-state index in [2.05, 4.69) is 10.3 Å². The molecule has 166 valence electrons. The third-order valence-corrected chi connectivity index (χ3v) is 5.46. The molecule has 0 aromatic heterocycles. The SMILES string of the molecule is COc1cc(C=Nc2cc(C)ccc2C)cc(Cl)c1OCC(=O)Nc1ccc(C)c(Cl)c1. The van der Waals surface area contributed by atoms with Gasteiger partial charge in [0, 0.05) is 16.9 Å². The van der Waals surface area contributed by atoms with Crippen LogP contribution in [0.25, 0.3) is 0 Å². The zero-order valence-corrected chi connectivity index (χ0v) is 19.8. The maximum atomic E-state index is 12.3. The molecule has 0 saturated heterocycles. The van der Waals surface area contributed by atoms with Crippen LogP contribution in [0, 0.1) is 20.8 Å². The minimum atomic E-state index is -0.344. The van der Waals surface area contributed by atoms with Crippen molar-refractivity contribution in [2.24, 2.45) is 4.99 Å². The zero-order valence-electron chi connectivity index (χ0n) is 18.3. The number of ether oxygens (including phenoxy) is 2. The average Bonchev–Trinajstić information content (AvgIpc) is 2.75. The first-order valence-corrected chi connectivity index (χ1v) is 10.7. The minimum absolute atomic E-state index is 0.239. The predicted molar refractivity (Wildman–Crippen MR) is 131 cm³/mol. The Morgan fingerprint density at radius 3 is 2.47 bits per heavy atom. The molecule has 0 fully saturated rings. The lowest BCUT2D eigenvalue weighted by atomic mass is 10.1. The van der Waals surface area contributed by atoms with Gasteiger partial charge in [-0.25, -0.2) is 0 Å². The van der Waals surface area contributed by atoms with Crippen molar-refractivity contribution in [2.45, 2.75) is 20.8 Å². The topological polar surface area (TPSA) is 59.9 Å². The molecule has 0 spiro atoms. The van der Waals surface area contributed by atoms with E-state index in [1.807, 2.05) is 45.0 Å². The minimum Gasteiger partial charge on any atom is -0.493 e. The molecule has 0 aliphatic heterocycles. The van der Waals surface area contributed by atoms with Crippen LogP contribution in [0.3, 0.4) is 0 Å². The van der Waals surface area contributed by atoms with Crippen molar-refractivity contribution in [3.05, 3.63) is 80.8 Å². The predicted octanol–water partition coefficient (Wildman–Crippen LogP) is 6.70. The van der Waals surface area contributed by atoms with Gasteiger partial charge in [0.1, 0.15) is 0 Å². The molecule has 0 bridgehead atoms. The Labute approximate surface area is 198 Å². The second kappa shape index (κ2) is 10.5. The number of carbonyl (C=O) groups is 1. The maximum Gasteiger partial charge on any atom is 0.262 e. The molecule has 3 aromatic rings. The fourth-order valence-corrected chi connectivity index (χ4v) is 3.42. The number of hydrogen-bond donors (Lipinski definition) is 1. The van der Waals surface area contributed by atoms with Gasteiger partial charge in [-0.2, -0.15) is 0 Å². The number of amides is 1. The number of nitrogens with one attached hydrogen (secondary N) is 1. The molecule has 0 saturated carbocycles. The lowest BCUT2D eigenvalue weighted by molar-refractivity contribution is -0.118. The molecular formula is C25H24Cl2N2O3. The first kappa shape index (κ1) is 23.6. The van der Waals surface area contributed by atoms with E-state index >= 15 is 0 Å². The van der Waals surface area contributed by atoms with E-state index in [4.69, 9.17) is 32.7 Å². The third kappa shape index (κ3) is 6.02. The van der Waals surface area contributed by atoms with Gasteiger partial charge in [-0.05, 0) is 73.4 Å². The molecule has 0 unspecified atom stereocenters. The van der Waals surface area contributed by atoms with Crippen LogP contribution in [-0.4, -0.2) is 25.8 Å². The summed E-state index contributed by atoms with van der Waals surface area (Å²) in [5, 5.41) is 3.64. The van der Waals surface area contributed by atoms with Crippen molar-refractivity contribution < 1.29 is 14.3 Å². The quantitative estimate of drug-likeness (QED) is 0.391. The van der Waals surface area contributed by atoms with Crippen molar-refractivity contribution in [1.82, 2.24) is 0 Å². The van der Waals surface area contributed by atoms with Gasteiger partial charge in [0.05, 0.1) is 17.8 Å². The van der Waals surface area contributed by atoms with Gasteiger partial charge >= 0.3 is 0 Å². The molecule has 1 amide bonds. The number of halogens is 2. The number of rotatable bonds is 7. The van der Waals surface area contributed by atoms with Gasteiger partial charge in [-0.1, -0.05) is 41.4 Å². The summed E-state index contributed by atoms with van der Waals surface area (Å²) in [5.41, 5.74) is 5.36. The molecule has 0 radical (unpaired) electrons. The fourth-order valence-electron chi connectivity index (χ4n) is 2.96. The number of nitrogens with zero attached hydrogens (tertiary/aromatic N) is 1. The molecule has 0 atom stereocenters. The summed E-state index contributed by atoms with van der Waals surface area (Å²) in [4.78, 5) is 16.9. The number of benzene rings is 3. The van der Waals surface area contributed by atoms with Gasteiger partial charge < -0.3 is 14.8 Å². The van der Waals surface area contributed by atoms with Crippen molar-refractivity contribution >= 4 is 46.7 Å². The number of anilines is 1. The van der Waals surface area contributed by atoms with E-state index < -0.39 is 0 Å². The zero-order chi connectivity index (χ0) is 23.3. The van der Waals surface area contributed by atoms with Crippen molar-refractivity contribution in [3.63, 3.8) is 0 Å². The first-order chi connectivity index (χ1) is 15.3. The fraction of sp³-hybridized carbons (Fsp3) is 0.200. The molecular weight excluding hydrogens is 447 g/mol. The highest BCUT2D eigenvalue weighted by atomic mass is 35.5. The average molecular weight is 471 g/mol. The maximum absolute atomic E-state index is 12.3. The number of carbonyl (C=O) groups excluding carboxylic acids is 1. The molecule has 3 aromatic carbocycles. The summed E-state index contributed by atoms with van der Waals surface area (Å²) in [7, 11) is 1.51. The summed E-state index contributed by atoms with van der Waals surface area (Å²) < 4.78 is 11.1. The highest BCUT2D eigenvalue weighted by Gasteiger charge is 2.14. The van der Waals surface area contributed by atoms with E-state index in [0.29, 0.717) is 21.5 Å². The van der Waals surface area contributed by atoms with Crippen LogP contribution in [0.4, 0.5) is 11.4 Å². The Morgan fingerprint density at radius 2 is 1.75 bits per heavy atom. The van der Waals surface area contributed by atoms with Crippen LogP contribution >= 0.6 is 23.2 Å². The van der Waals surface area contributed by atoms with E-state index in [0.717, 1.165) is 27.9 Å². The Bertz CT molecular complexity index is 1180. The summed E-state index contributed by atoms with van der Waals surface area (Å²) in [5.74, 6) is 0.352. The Hall–Kier alpha value is -3.02. The second-order valence-corrected chi connectivity index (χ2v) is 8.20. The monoisotopic (exact) mass is 470 g/mol. The van der Waals surface area contributed by atoms with Crippen LogP contribution < -0.4 is 14.8 Å². The van der Waals surface area contributed by atoms with Gasteiger partial charge in [-0.3, -0.25) is 9.79 Å². The lowest BCUT2D eigenvalue weighted by Crippen LogP contribution is -2.20. The Morgan fingerprint density at radius 1 is 1.00 bits per heavy atom. The molecule has 5 nitrogen and oxygen atoms in total. The smallest absolute Gasteiger partial charge is 0.262 e.